The molecule has 0 bridgehead atoms. The second-order valence-electron chi connectivity index (χ2n) is 6.25. The average Bonchev–Trinajstić information content (AvgIpc) is 2.42. The SMILES string of the molecule is Cc1c(N)cccc1SC1CC(C)(C)OC1(C)C. The van der Waals surface area contributed by atoms with E-state index in [4.69, 9.17) is 10.5 Å². The summed E-state index contributed by atoms with van der Waals surface area (Å²) in [4.78, 5) is 1.27. The number of ether oxygens (including phenoxy) is 1. The molecule has 2 nitrogen and oxygen atoms in total. The molecule has 0 radical (unpaired) electrons. The molecule has 1 unspecified atom stereocenters. The van der Waals surface area contributed by atoms with Gasteiger partial charge in [-0.2, -0.15) is 0 Å². The standard InChI is InChI=1S/C15H23NOS/c1-10-11(16)7-6-8-12(10)18-13-9-14(2,3)17-15(13,4)5/h6-8,13H,9,16H2,1-5H3. The molecular formula is C15H23NOS. The Bertz CT molecular complexity index is 454. The van der Waals surface area contributed by atoms with Crippen molar-refractivity contribution in [3.63, 3.8) is 0 Å². The summed E-state index contributed by atoms with van der Waals surface area (Å²) in [5.74, 6) is 0. The predicted octanol–water partition coefficient (Wildman–Crippen LogP) is 4.02. The third-order valence-electron chi connectivity index (χ3n) is 3.59. The van der Waals surface area contributed by atoms with Crippen LogP contribution in [0, 0.1) is 6.92 Å². The summed E-state index contributed by atoms with van der Waals surface area (Å²) in [6.45, 7) is 10.8. The van der Waals surface area contributed by atoms with Crippen molar-refractivity contribution in [3.8, 4) is 0 Å². The van der Waals surface area contributed by atoms with Gasteiger partial charge in [0.15, 0.2) is 0 Å². The van der Waals surface area contributed by atoms with Crippen LogP contribution in [-0.2, 0) is 4.74 Å². The first-order chi connectivity index (χ1) is 8.21. The second-order valence-corrected chi connectivity index (χ2v) is 7.49. The molecule has 1 saturated heterocycles. The summed E-state index contributed by atoms with van der Waals surface area (Å²) in [5.41, 5.74) is 7.90. The number of benzene rings is 1. The maximum Gasteiger partial charge on any atom is 0.0756 e. The maximum atomic E-state index is 6.14. The molecule has 0 spiro atoms. The van der Waals surface area contributed by atoms with Crippen LogP contribution in [0.4, 0.5) is 5.69 Å². The van der Waals surface area contributed by atoms with Gasteiger partial charge in [-0.05, 0) is 58.7 Å². The molecule has 0 saturated carbocycles. The van der Waals surface area contributed by atoms with Crippen LogP contribution in [-0.4, -0.2) is 16.5 Å². The summed E-state index contributed by atoms with van der Waals surface area (Å²) >= 11 is 1.90. The van der Waals surface area contributed by atoms with Crippen molar-refractivity contribution in [1.29, 1.82) is 0 Å². The van der Waals surface area contributed by atoms with Crippen molar-refractivity contribution in [2.24, 2.45) is 0 Å². The van der Waals surface area contributed by atoms with E-state index in [1.54, 1.807) is 0 Å². The number of hydrogen-bond acceptors (Lipinski definition) is 3. The lowest BCUT2D eigenvalue weighted by molar-refractivity contribution is -0.0631. The molecule has 1 heterocycles. The largest absolute Gasteiger partial charge is 0.398 e. The first-order valence-electron chi connectivity index (χ1n) is 6.43. The van der Waals surface area contributed by atoms with E-state index in [0.717, 1.165) is 12.1 Å². The Labute approximate surface area is 114 Å². The van der Waals surface area contributed by atoms with Gasteiger partial charge < -0.3 is 10.5 Å². The smallest absolute Gasteiger partial charge is 0.0756 e. The van der Waals surface area contributed by atoms with Gasteiger partial charge in [-0.3, -0.25) is 0 Å². The van der Waals surface area contributed by atoms with Crippen molar-refractivity contribution in [3.05, 3.63) is 23.8 Å². The third-order valence-corrected chi connectivity index (χ3v) is 5.30. The minimum Gasteiger partial charge on any atom is -0.398 e. The first kappa shape index (κ1) is 13.8. The quantitative estimate of drug-likeness (QED) is 0.820. The summed E-state index contributed by atoms with van der Waals surface area (Å²) in [5, 5.41) is 0.466. The lowest BCUT2D eigenvalue weighted by atomic mass is 10.0. The number of rotatable bonds is 2. The van der Waals surface area contributed by atoms with Crippen LogP contribution in [0.5, 0.6) is 0 Å². The summed E-state index contributed by atoms with van der Waals surface area (Å²) < 4.78 is 6.14. The van der Waals surface area contributed by atoms with Crippen molar-refractivity contribution < 1.29 is 4.74 Å². The molecule has 2 N–H and O–H groups in total. The fourth-order valence-corrected chi connectivity index (χ4v) is 4.18. The van der Waals surface area contributed by atoms with E-state index < -0.39 is 0 Å². The van der Waals surface area contributed by atoms with E-state index in [1.165, 1.54) is 10.5 Å². The fourth-order valence-electron chi connectivity index (χ4n) is 2.61. The highest BCUT2D eigenvalue weighted by Gasteiger charge is 2.46. The van der Waals surface area contributed by atoms with E-state index in [0.29, 0.717) is 5.25 Å². The molecular weight excluding hydrogens is 242 g/mol. The van der Waals surface area contributed by atoms with Gasteiger partial charge in [-0.25, -0.2) is 0 Å². The van der Waals surface area contributed by atoms with Gasteiger partial charge in [-0.1, -0.05) is 6.07 Å². The molecule has 0 aromatic heterocycles. The average molecular weight is 265 g/mol. The summed E-state index contributed by atoms with van der Waals surface area (Å²) in [7, 11) is 0. The van der Waals surface area contributed by atoms with Gasteiger partial charge in [0.2, 0.25) is 0 Å². The molecule has 1 atom stereocenters. The van der Waals surface area contributed by atoms with Gasteiger partial charge in [0.25, 0.3) is 0 Å². The number of nitrogen functional groups attached to an aromatic ring is 1. The Balaban J connectivity index is 2.22. The van der Waals surface area contributed by atoms with E-state index >= 15 is 0 Å². The van der Waals surface area contributed by atoms with Gasteiger partial charge in [-0.15, -0.1) is 11.8 Å². The number of hydrogen-bond donors (Lipinski definition) is 1. The molecule has 1 aliphatic rings. The second kappa shape index (κ2) is 4.46. The number of thioether (sulfide) groups is 1. The van der Waals surface area contributed by atoms with Gasteiger partial charge in [0.1, 0.15) is 0 Å². The minimum absolute atomic E-state index is 0.0323. The van der Waals surface area contributed by atoms with Crippen LogP contribution in [0.3, 0.4) is 0 Å². The van der Waals surface area contributed by atoms with Gasteiger partial charge in [0, 0.05) is 15.8 Å². The van der Waals surface area contributed by atoms with Crippen LogP contribution < -0.4 is 5.73 Å². The van der Waals surface area contributed by atoms with E-state index in [2.05, 4.69) is 40.7 Å². The van der Waals surface area contributed by atoms with Crippen molar-refractivity contribution in [2.75, 3.05) is 5.73 Å². The van der Waals surface area contributed by atoms with Crippen LogP contribution >= 0.6 is 11.8 Å². The Morgan fingerprint density at radius 1 is 1.28 bits per heavy atom. The molecule has 0 aliphatic carbocycles. The lowest BCUT2D eigenvalue weighted by Gasteiger charge is -2.27. The highest BCUT2D eigenvalue weighted by molar-refractivity contribution is 8.00. The highest BCUT2D eigenvalue weighted by atomic mass is 32.2. The monoisotopic (exact) mass is 265 g/mol. The molecule has 18 heavy (non-hydrogen) atoms. The number of nitrogens with two attached hydrogens (primary N) is 1. The van der Waals surface area contributed by atoms with Crippen molar-refractivity contribution in [1.82, 2.24) is 0 Å². The zero-order chi connectivity index (χ0) is 13.6. The van der Waals surface area contributed by atoms with Gasteiger partial charge >= 0.3 is 0 Å². The van der Waals surface area contributed by atoms with E-state index in [9.17, 15) is 0 Å². The Morgan fingerprint density at radius 3 is 2.50 bits per heavy atom. The Kier molecular flexibility index (Phi) is 3.41. The minimum atomic E-state index is -0.0921. The van der Waals surface area contributed by atoms with Crippen LogP contribution in [0.15, 0.2) is 23.1 Å². The maximum absolute atomic E-state index is 6.14. The molecule has 100 valence electrons. The fraction of sp³-hybridized carbons (Fsp3) is 0.600. The number of anilines is 1. The van der Waals surface area contributed by atoms with Crippen LogP contribution in [0.25, 0.3) is 0 Å². The summed E-state index contributed by atoms with van der Waals surface area (Å²) in [6, 6.07) is 6.13. The Morgan fingerprint density at radius 2 is 1.94 bits per heavy atom. The lowest BCUT2D eigenvalue weighted by Crippen LogP contribution is -2.30. The van der Waals surface area contributed by atoms with Crippen LogP contribution in [0.1, 0.15) is 39.7 Å². The zero-order valence-corrected chi connectivity index (χ0v) is 12.7. The predicted molar refractivity (Wildman–Crippen MR) is 79.1 cm³/mol. The first-order valence-corrected chi connectivity index (χ1v) is 7.31. The molecule has 1 aromatic rings. The topological polar surface area (TPSA) is 35.2 Å². The molecule has 0 amide bonds. The van der Waals surface area contributed by atoms with E-state index in [1.807, 2.05) is 23.9 Å². The summed E-state index contributed by atoms with van der Waals surface area (Å²) in [6.07, 6.45) is 1.07. The van der Waals surface area contributed by atoms with Crippen molar-refractivity contribution in [2.45, 2.75) is 62.4 Å². The normalized spacial score (nSPS) is 25.3. The van der Waals surface area contributed by atoms with Crippen molar-refractivity contribution >= 4 is 17.4 Å². The molecule has 2 rings (SSSR count). The van der Waals surface area contributed by atoms with Gasteiger partial charge in [0.05, 0.1) is 11.2 Å². The molecule has 1 fully saturated rings. The molecule has 1 aliphatic heterocycles. The molecule has 3 heteroatoms. The zero-order valence-electron chi connectivity index (χ0n) is 11.9. The van der Waals surface area contributed by atoms with E-state index in [-0.39, 0.29) is 11.2 Å². The third kappa shape index (κ3) is 2.67. The Hall–Kier alpha value is -0.670. The highest BCUT2D eigenvalue weighted by Crippen LogP contribution is 2.46. The molecule has 1 aromatic carbocycles. The van der Waals surface area contributed by atoms with Crippen LogP contribution in [0.2, 0.25) is 0 Å².